The number of hydrogen-bond acceptors (Lipinski definition) is 9. The number of nitrogens with zero attached hydrogens (tertiary/aromatic N) is 2. The molecule has 0 saturated carbocycles. The van der Waals surface area contributed by atoms with E-state index in [2.05, 4.69) is 0 Å². The van der Waals surface area contributed by atoms with Gasteiger partial charge in [0.1, 0.15) is 30.5 Å². The maximum absolute atomic E-state index is 13.2. The number of non-ortho nitro benzene ring substituents is 1. The minimum Gasteiger partial charge on any atom is -0.497 e. The Morgan fingerprint density at radius 1 is 1.08 bits per heavy atom. The molecule has 1 amide bonds. The Hall–Kier alpha value is -4.42. The Balaban J connectivity index is 1.53. The van der Waals surface area contributed by atoms with Crippen LogP contribution in [0.25, 0.3) is 6.08 Å². The highest BCUT2D eigenvalue weighted by Crippen LogP contribution is 2.38. The molecular weight excluding hydrogens is 532 g/mol. The summed E-state index contributed by atoms with van der Waals surface area (Å²) < 4.78 is 16.8. The van der Waals surface area contributed by atoms with E-state index in [9.17, 15) is 24.8 Å². The lowest BCUT2D eigenvalue weighted by Gasteiger charge is -2.15. The molecule has 194 valence electrons. The molecule has 1 aliphatic rings. The Morgan fingerprint density at radius 3 is 2.47 bits per heavy atom. The molecule has 1 fully saturated rings. The first-order valence-corrected chi connectivity index (χ1v) is 12.3. The number of nitro benzene ring substituents is 1. The van der Waals surface area contributed by atoms with Crippen LogP contribution in [0.1, 0.15) is 15.9 Å². The van der Waals surface area contributed by atoms with Crippen LogP contribution in [0.3, 0.4) is 0 Å². The standard InChI is InChI=1S/C26H20N2O8S2/c1-34-20-6-8-21(9-7-20)35-11-12-36-22-10-5-19(28(32)33)14-17(22)15-23-24(29)27(26(37)38-23)18-4-2-3-16(13-18)25(30)31/h2-10,13-15H,11-12H2,1H3,(H,30,31)/b23-15-. The molecule has 0 bridgehead atoms. The molecule has 3 aromatic rings. The molecule has 4 rings (SSSR count). The zero-order chi connectivity index (χ0) is 27.2. The number of hydrogen-bond donors (Lipinski definition) is 1. The number of amides is 1. The molecule has 0 atom stereocenters. The van der Waals surface area contributed by atoms with Crippen LogP contribution in [-0.4, -0.2) is 46.6 Å². The fourth-order valence-corrected chi connectivity index (χ4v) is 4.78. The highest BCUT2D eigenvalue weighted by molar-refractivity contribution is 8.27. The van der Waals surface area contributed by atoms with Crippen molar-refractivity contribution in [2.75, 3.05) is 25.2 Å². The molecule has 1 N–H and O–H groups in total. The Morgan fingerprint density at radius 2 is 1.79 bits per heavy atom. The van der Waals surface area contributed by atoms with Crippen LogP contribution < -0.4 is 19.1 Å². The number of nitro groups is 1. The number of benzene rings is 3. The van der Waals surface area contributed by atoms with E-state index in [-0.39, 0.29) is 33.7 Å². The van der Waals surface area contributed by atoms with E-state index in [4.69, 9.17) is 26.4 Å². The molecule has 0 radical (unpaired) electrons. The number of aromatic carboxylic acids is 1. The maximum Gasteiger partial charge on any atom is 0.335 e. The van der Waals surface area contributed by atoms with Gasteiger partial charge in [0.25, 0.3) is 11.6 Å². The van der Waals surface area contributed by atoms with Gasteiger partial charge in [-0.15, -0.1) is 0 Å². The van der Waals surface area contributed by atoms with Crippen molar-refractivity contribution in [3.8, 4) is 17.2 Å². The number of rotatable bonds is 10. The SMILES string of the molecule is COc1ccc(OCCOc2ccc([N+](=O)[O-])cc2/C=C2\SC(=S)N(c3cccc(C(=O)O)c3)C2=O)cc1. The van der Waals surface area contributed by atoms with E-state index in [0.717, 1.165) is 11.8 Å². The molecule has 0 unspecified atom stereocenters. The zero-order valence-electron chi connectivity index (χ0n) is 19.9. The summed E-state index contributed by atoms with van der Waals surface area (Å²) in [6.07, 6.45) is 1.47. The van der Waals surface area contributed by atoms with Crippen LogP contribution in [0.5, 0.6) is 17.2 Å². The van der Waals surface area contributed by atoms with E-state index in [1.54, 1.807) is 37.4 Å². The predicted octanol–water partition coefficient (Wildman–Crippen LogP) is 5.17. The molecule has 0 aromatic heterocycles. The second-order valence-electron chi connectivity index (χ2n) is 7.72. The summed E-state index contributed by atoms with van der Waals surface area (Å²) in [7, 11) is 1.57. The molecular formula is C26H20N2O8S2. The van der Waals surface area contributed by atoms with Gasteiger partial charge >= 0.3 is 5.97 Å². The second kappa shape index (κ2) is 11.8. The van der Waals surface area contributed by atoms with E-state index in [1.165, 1.54) is 47.4 Å². The van der Waals surface area contributed by atoms with E-state index >= 15 is 0 Å². The number of carboxylic acid groups (broad SMARTS) is 1. The van der Waals surface area contributed by atoms with Crippen molar-refractivity contribution < 1.29 is 33.8 Å². The number of ether oxygens (including phenoxy) is 3. The lowest BCUT2D eigenvalue weighted by Crippen LogP contribution is -2.27. The fourth-order valence-electron chi connectivity index (χ4n) is 3.49. The third kappa shape index (κ3) is 6.10. The minimum atomic E-state index is -1.14. The normalized spacial score (nSPS) is 14.0. The molecule has 1 aliphatic heterocycles. The van der Waals surface area contributed by atoms with Crippen molar-refractivity contribution in [1.82, 2.24) is 0 Å². The van der Waals surface area contributed by atoms with Crippen LogP contribution in [-0.2, 0) is 4.79 Å². The first-order chi connectivity index (χ1) is 18.3. The molecule has 1 saturated heterocycles. The summed E-state index contributed by atoms with van der Waals surface area (Å²) in [6.45, 7) is 0.332. The Labute approximate surface area is 226 Å². The van der Waals surface area contributed by atoms with Crippen molar-refractivity contribution in [2.45, 2.75) is 0 Å². The van der Waals surface area contributed by atoms with Gasteiger partial charge in [0.15, 0.2) is 4.32 Å². The monoisotopic (exact) mass is 552 g/mol. The number of carbonyl (C=O) groups is 2. The van der Waals surface area contributed by atoms with Gasteiger partial charge in [0.2, 0.25) is 0 Å². The average molecular weight is 553 g/mol. The van der Waals surface area contributed by atoms with E-state index in [0.29, 0.717) is 28.5 Å². The van der Waals surface area contributed by atoms with Crippen molar-refractivity contribution in [3.05, 3.63) is 92.9 Å². The van der Waals surface area contributed by atoms with Crippen molar-refractivity contribution in [2.24, 2.45) is 0 Å². The van der Waals surface area contributed by atoms with Crippen molar-refractivity contribution in [3.63, 3.8) is 0 Å². The van der Waals surface area contributed by atoms with E-state index < -0.39 is 16.8 Å². The van der Waals surface area contributed by atoms with Gasteiger partial charge < -0.3 is 19.3 Å². The smallest absolute Gasteiger partial charge is 0.335 e. The summed E-state index contributed by atoms with van der Waals surface area (Å²) in [5, 5.41) is 20.6. The molecule has 10 nitrogen and oxygen atoms in total. The second-order valence-corrected chi connectivity index (χ2v) is 9.40. The largest absolute Gasteiger partial charge is 0.497 e. The molecule has 0 spiro atoms. The Bertz CT molecular complexity index is 1440. The summed E-state index contributed by atoms with van der Waals surface area (Å²) in [6, 6.07) is 16.9. The molecule has 1 heterocycles. The predicted molar refractivity (Wildman–Crippen MR) is 146 cm³/mol. The van der Waals surface area contributed by atoms with Gasteiger partial charge in [0, 0.05) is 17.7 Å². The first kappa shape index (κ1) is 26.6. The van der Waals surface area contributed by atoms with Crippen LogP contribution in [0.15, 0.2) is 71.6 Å². The summed E-state index contributed by atoms with van der Waals surface area (Å²) in [5.41, 5.74) is 0.444. The molecule has 12 heteroatoms. The van der Waals surface area contributed by atoms with Gasteiger partial charge in [-0.05, 0) is 54.6 Å². The number of thiocarbonyl (C=S) groups is 1. The van der Waals surface area contributed by atoms with Crippen LogP contribution in [0.2, 0.25) is 0 Å². The third-order valence-electron chi connectivity index (χ3n) is 5.30. The molecule has 0 aliphatic carbocycles. The number of thioether (sulfide) groups is 1. The number of anilines is 1. The minimum absolute atomic E-state index is 0.00626. The summed E-state index contributed by atoms with van der Waals surface area (Å²) in [4.78, 5) is 36.8. The first-order valence-electron chi connectivity index (χ1n) is 11.1. The van der Waals surface area contributed by atoms with Crippen LogP contribution in [0.4, 0.5) is 11.4 Å². The van der Waals surface area contributed by atoms with Gasteiger partial charge in [-0.25, -0.2) is 4.79 Å². The lowest BCUT2D eigenvalue weighted by molar-refractivity contribution is -0.384. The van der Waals surface area contributed by atoms with Gasteiger partial charge in [0.05, 0.1) is 28.2 Å². The number of carbonyl (C=O) groups excluding carboxylic acids is 1. The van der Waals surface area contributed by atoms with Crippen molar-refractivity contribution >= 4 is 57.6 Å². The molecule has 3 aromatic carbocycles. The lowest BCUT2D eigenvalue weighted by atomic mass is 10.1. The number of carboxylic acids is 1. The van der Waals surface area contributed by atoms with Crippen LogP contribution >= 0.6 is 24.0 Å². The fraction of sp³-hybridized carbons (Fsp3) is 0.115. The van der Waals surface area contributed by atoms with Gasteiger partial charge in [-0.3, -0.25) is 19.8 Å². The zero-order valence-corrected chi connectivity index (χ0v) is 21.5. The quantitative estimate of drug-likeness (QED) is 0.118. The van der Waals surface area contributed by atoms with Gasteiger partial charge in [-0.2, -0.15) is 0 Å². The third-order valence-corrected chi connectivity index (χ3v) is 6.61. The highest BCUT2D eigenvalue weighted by Gasteiger charge is 2.34. The highest BCUT2D eigenvalue weighted by atomic mass is 32.2. The van der Waals surface area contributed by atoms with Gasteiger partial charge in [-0.1, -0.05) is 30.0 Å². The topological polar surface area (TPSA) is 128 Å². The van der Waals surface area contributed by atoms with Crippen LogP contribution in [0, 0.1) is 10.1 Å². The number of methoxy groups -OCH3 is 1. The van der Waals surface area contributed by atoms with Crippen molar-refractivity contribution in [1.29, 1.82) is 0 Å². The summed E-state index contributed by atoms with van der Waals surface area (Å²) >= 11 is 6.36. The average Bonchev–Trinajstić information content (AvgIpc) is 3.19. The van der Waals surface area contributed by atoms with E-state index in [1.807, 2.05) is 0 Å². The Kier molecular flexibility index (Phi) is 8.24. The molecule has 38 heavy (non-hydrogen) atoms. The maximum atomic E-state index is 13.2. The summed E-state index contributed by atoms with van der Waals surface area (Å²) in [5.74, 6) is 0.00943.